The molecule has 1 fully saturated rings. The number of hydrogen-bond donors (Lipinski definition) is 1. The van der Waals surface area contributed by atoms with E-state index in [1.807, 2.05) is 4.90 Å². The van der Waals surface area contributed by atoms with E-state index < -0.39 is 0 Å². The minimum atomic E-state index is 0.0605. The minimum absolute atomic E-state index is 0.0605. The molecule has 0 bridgehead atoms. The van der Waals surface area contributed by atoms with Gasteiger partial charge in [-0.2, -0.15) is 0 Å². The van der Waals surface area contributed by atoms with Crippen LogP contribution in [0, 0.1) is 5.92 Å². The lowest BCUT2D eigenvalue weighted by Gasteiger charge is -2.28. The lowest BCUT2D eigenvalue weighted by Crippen LogP contribution is -2.48. The molecule has 1 N–H and O–H groups in total. The molecular weight excluding hydrogens is 216 g/mol. The number of nitrogens with one attached hydrogen (secondary N) is 1. The maximum Gasteiger partial charge on any atom is 0.317 e. The third-order valence-electron chi connectivity index (χ3n) is 3.09. The summed E-state index contributed by atoms with van der Waals surface area (Å²) in [5.41, 5.74) is 0. The van der Waals surface area contributed by atoms with E-state index in [2.05, 4.69) is 26.1 Å². The number of amides is 2. The molecule has 4 nitrogen and oxygen atoms in total. The topological polar surface area (TPSA) is 41.6 Å². The van der Waals surface area contributed by atoms with Gasteiger partial charge in [-0.25, -0.2) is 4.79 Å². The Bertz CT molecular complexity index is 225. The summed E-state index contributed by atoms with van der Waals surface area (Å²) in [6.07, 6.45) is 3.48. The van der Waals surface area contributed by atoms with E-state index in [1.54, 1.807) is 0 Å². The van der Waals surface area contributed by atoms with Crippen LogP contribution < -0.4 is 5.32 Å². The fourth-order valence-electron chi connectivity index (χ4n) is 1.97. The molecule has 1 atom stereocenters. The summed E-state index contributed by atoms with van der Waals surface area (Å²) in [4.78, 5) is 13.7. The third kappa shape index (κ3) is 5.91. The first-order valence-corrected chi connectivity index (χ1v) is 6.72. The molecule has 0 aliphatic carbocycles. The third-order valence-corrected chi connectivity index (χ3v) is 3.09. The highest BCUT2D eigenvalue weighted by molar-refractivity contribution is 5.74. The molecule has 17 heavy (non-hydrogen) atoms. The van der Waals surface area contributed by atoms with Crippen molar-refractivity contribution in [2.45, 2.75) is 46.1 Å². The molecule has 1 aliphatic heterocycles. The van der Waals surface area contributed by atoms with E-state index >= 15 is 0 Å². The summed E-state index contributed by atoms with van der Waals surface area (Å²) in [6, 6.07) is 0.328. The molecule has 0 spiro atoms. The van der Waals surface area contributed by atoms with Crippen LogP contribution in [0.1, 0.15) is 40.0 Å². The molecule has 0 radical (unpaired) electrons. The summed E-state index contributed by atoms with van der Waals surface area (Å²) < 4.78 is 5.22. The molecule has 4 heteroatoms. The maximum absolute atomic E-state index is 11.9. The van der Waals surface area contributed by atoms with Gasteiger partial charge in [-0.15, -0.1) is 0 Å². The molecule has 1 saturated heterocycles. The van der Waals surface area contributed by atoms with Crippen molar-refractivity contribution >= 4 is 6.03 Å². The summed E-state index contributed by atoms with van der Waals surface area (Å²) >= 11 is 0. The van der Waals surface area contributed by atoms with Gasteiger partial charge in [-0.1, -0.05) is 26.7 Å². The van der Waals surface area contributed by atoms with E-state index in [0.29, 0.717) is 26.3 Å². The quantitative estimate of drug-likeness (QED) is 0.803. The van der Waals surface area contributed by atoms with Crippen molar-refractivity contribution in [1.82, 2.24) is 10.2 Å². The first kappa shape index (κ1) is 14.3. The summed E-state index contributed by atoms with van der Waals surface area (Å²) in [5, 5.41) is 3.05. The van der Waals surface area contributed by atoms with E-state index in [9.17, 15) is 4.79 Å². The fourth-order valence-corrected chi connectivity index (χ4v) is 1.97. The average molecular weight is 242 g/mol. The Hall–Kier alpha value is -0.770. The van der Waals surface area contributed by atoms with Crippen LogP contribution in [0.5, 0.6) is 0 Å². The zero-order valence-corrected chi connectivity index (χ0v) is 11.4. The van der Waals surface area contributed by atoms with Gasteiger partial charge in [0.25, 0.3) is 0 Å². The lowest BCUT2D eigenvalue weighted by atomic mass is 10.0. The second kappa shape index (κ2) is 7.54. The Morgan fingerprint density at radius 1 is 1.24 bits per heavy atom. The van der Waals surface area contributed by atoms with Crippen LogP contribution >= 0.6 is 0 Å². The molecule has 0 aromatic heterocycles. The smallest absolute Gasteiger partial charge is 0.317 e. The standard InChI is InChI=1S/C13H26N2O2/c1-11(2)5-4-6-12(3)14-13(16)15-7-9-17-10-8-15/h11-12H,4-10H2,1-3H3,(H,14,16). The van der Waals surface area contributed by atoms with Crippen molar-refractivity contribution in [3.05, 3.63) is 0 Å². The number of carbonyl (C=O) groups is 1. The Balaban J connectivity index is 2.15. The van der Waals surface area contributed by atoms with Gasteiger partial charge < -0.3 is 15.0 Å². The van der Waals surface area contributed by atoms with Gasteiger partial charge in [0.2, 0.25) is 0 Å². The van der Waals surface area contributed by atoms with Crippen LogP contribution in [0.4, 0.5) is 4.79 Å². The Labute approximate surface area is 105 Å². The van der Waals surface area contributed by atoms with Crippen molar-refractivity contribution in [3.8, 4) is 0 Å². The van der Waals surface area contributed by atoms with Crippen molar-refractivity contribution in [3.63, 3.8) is 0 Å². The van der Waals surface area contributed by atoms with Gasteiger partial charge in [0.1, 0.15) is 0 Å². The van der Waals surface area contributed by atoms with Crippen molar-refractivity contribution in [2.75, 3.05) is 26.3 Å². The second-order valence-corrected chi connectivity index (χ2v) is 5.27. The van der Waals surface area contributed by atoms with Crippen LogP contribution in [-0.4, -0.2) is 43.3 Å². The monoisotopic (exact) mass is 242 g/mol. The molecule has 1 heterocycles. The highest BCUT2D eigenvalue weighted by Crippen LogP contribution is 2.08. The van der Waals surface area contributed by atoms with Gasteiger partial charge in [0.15, 0.2) is 0 Å². The van der Waals surface area contributed by atoms with Gasteiger partial charge in [-0.05, 0) is 19.3 Å². The van der Waals surface area contributed by atoms with Gasteiger partial charge in [-0.3, -0.25) is 0 Å². The molecule has 1 unspecified atom stereocenters. The molecule has 2 amide bonds. The second-order valence-electron chi connectivity index (χ2n) is 5.27. The van der Waals surface area contributed by atoms with E-state index in [1.165, 1.54) is 12.8 Å². The average Bonchev–Trinajstić information content (AvgIpc) is 2.29. The first-order chi connectivity index (χ1) is 8.09. The van der Waals surface area contributed by atoms with Gasteiger partial charge in [0.05, 0.1) is 13.2 Å². The number of urea groups is 1. The highest BCUT2D eigenvalue weighted by Gasteiger charge is 2.17. The maximum atomic E-state index is 11.9. The molecule has 1 aliphatic rings. The number of rotatable bonds is 5. The number of hydrogen-bond acceptors (Lipinski definition) is 2. The molecule has 0 aromatic carbocycles. The van der Waals surface area contributed by atoms with Crippen molar-refractivity contribution in [2.24, 2.45) is 5.92 Å². The first-order valence-electron chi connectivity index (χ1n) is 6.72. The Morgan fingerprint density at radius 3 is 2.47 bits per heavy atom. The van der Waals surface area contributed by atoms with Crippen LogP contribution in [0.15, 0.2) is 0 Å². The molecule has 0 aromatic rings. The normalized spacial score (nSPS) is 18.2. The lowest BCUT2D eigenvalue weighted by molar-refractivity contribution is 0.0525. The predicted molar refractivity (Wildman–Crippen MR) is 69.1 cm³/mol. The molecular formula is C13H26N2O2. The van der Waals surface area contributed by atoms with Crippen LogP contribution in [0.25, 0.3) is 0 Å². The summed E-state index contributed by atoms with van der Waals surface area (Å²) in [5.74, 6) is 0.747. The largest absolute Gasteiger partial charge is 0.378 e. The van der Waals surface area contributed by atoms with Crippen LogP contribution in [0.2, 0.25) is 0 Å². The fraction of sp³-hybridized carbons (Fsp3) is 0.923. The van der Waals surface area contributed by atoms with E-state index in [0.717, 1.165) is 12.3 Å². The van der Waals surface area contributed by atoms with E-state index in [4.69, 9.17) is 4.74 Å². The summed E-state index contributed by atoms with van der Waals surface area (Å²) in [6.45, 7) is 9.30. The molecule has 100 valence electrons. The SMILES string of the molecule is CC(C)CCCC(C)NC(=O)N1CCOCC1. The zero-order valence-electron chi connectivity index (χ0n) is 11.4. The Morgan fingerprint density at radius 2 is 1.88 bits per heavy atom. The Kier molecular flexibility index (Phi) is 6.34. The van der Waals surface area contributed by atoms with Crippen LogP contribution in [0.3, 0.4) is 0 Å². The zero-order chi connectivity index (χ0) is 12.7. The summed E-state index contributed by atoms with van der Waals surface area (Å²) in [7, 11) is 0. The minimum Gasteiger partial charge on any atom is -0.378 e. The number of morpholine rings is 1. The van der Waals surface area contributed by atoms with E-state index in [-0.39, 0.29) is 12.1 Å². The number of ether oxygens (including phenoxy) is 1. The number of nitrogens with zero attached hydrogens (tertiary/aromatic N) is 1. The number of carbonyl (C=O) groups excluding carboxylic acids is 1. The predicted octanol–water partition coefficient (Wildman–Crippen LogP) is 2.24. The van der Waals surface area contributed by atoms with Gasteiger partial charge in [0, 0.05) is 19.1 Å². The van der Waals surface area contributed by atoms with Crippen molar-refractivity contribution < 1.29 is 9.53 Å². The highest BCUT2D eigenvalue weighted by atomic mass is 16.5. The van der Waals surface area contributed by atoms with Crippen molar-refractivity contribution in [1.29, 1.82) is 0 Å². The molecule has 1 rings (SSSR count). The molecule has 0 saturated carbocycles. The van der Waals surface area contributed by atoms with Crippen LogP contribution in [-0.2, 0) is 4.74 Å². The van der Waals surface area contributed by atoms with Gasteiger partial charge >= 0.3 is 6.03 Å².